The smallest absolute Gasteiger partial charge is 0.267 e. The number of hydrogen-bond donors (Lipinski definition) is 0. The van der Waals surface area contributed by atoms with Gasteiger partial charge in [0.05, 0.1) is 5.56 Å². The van der Waals surface area contributed by atoms with Crippen molar-refractivity contribution < 1.29 is 13.2 Å². The second-order valence-electron chi connectivity index (χ2n) is 3.71. The van der Waals surface area contributed by atoms with E-state index < -0.39 is 12.2 Å². The van der Waals surface area contributed by atoms with Gasteiger partial charge < -0.3 is 0 Å². The summed E-state index contributed by atoms with van der Waals surface area (Å²) in [7, 11) is 0. The van der Waals surface area contributed by atoms with Crippen LogP contribution in [0.2, 0.25) is 5.02 Å². The molecule has 0 atom stereocenters. The molecule has 6 heteroatoms. The first-order valence-electron chi connectivity index (χ1n) is 5.33. The normalized spacial score (nSPS) is 11.2. The van der Waals surface area contributed by atoms with E-state index in [0.717, 1.165) is 6.07 Å². The summed E-state index contributed by atoms with van der Waals surface area (Å²) >= 11 is 5.75. The summed E-state index contributed by atoms with van der Waals surface area (Å²) in [5.74, 6) is -0.623. The lowest BCUT2D eigenvalue weighted by atomic mass is 10.1. The molecule has 2 rings (SSSR count). The van der Waals surface area contributed by atoms with E-state index in [-0.39, 0.29) is 21.8 Å². The standard InChI is InChI=1S/C12H10ClF3N2/c1-2-18-6-9(12(15)16)11(17-18)8-5-7(13)3-4-10(8)14/h3-6,12H,2H2,1H3. The molecule has 96 valence electrons. The number of alkyl halides is 2. The maximum atomic E-state index is 13.7. The number of rotatable bonds is 3. The Morgan fingerprint density at radius 1 is 1.39 bits per heavy atom. The fourth-order valence-electron chi connectivity index (χ4n) is 1.65. The van der Waals surface area contributed by atoms with E-state index in [4.69, 9.17) is 11.6 Å². The molecule has 0 saturated carbocycles. The molecule has 2 nitrogen and oxygen atoms in total. The highest BCUT2D eigenvalue weighted by atomic mass is 35.5. The predicted octanol–water partition coefficient (Wildman–Crippen LogP) is 4.30. The first-order valence-corrected chi connectivity index (χ1v) is 5.71. The van der Waals surface area contributed by atoms with E-state index in [1.165, 1.54) is 23.0 Å². The van der Waals surface area contributed by atoms with Crippen molar-refractivity contribution in [2.75, 3.05) is 0 Å². The molecule has 0 unspecified atom stereocenters. The number of benzene rings is 1. The lowest BCUT2D eigenvalue weighted by Crippen LogP contribution is -1.94. The van der Waals surface area contributed by atoms with Crippen LogP contribution in [0.3, 0.4) is 0 Å². The summed E-state index contributed by atoms with van der Waals surface area (Å²) in [6, 6.07) is 3.79. The molecule has 0 amide bonds. The fraction of sp³-hybridized carbons (Fsp3) is 0.250. The van der Waals surface area contributed by atoms with Crippen molar-refractivity contribution in [2.45, 2.75) is 19.9 Å². The molecule has 1 aromatic carbocycles. The molecule has 1 aromatic heterocycles. The predicted molar refractivity (Wildman–Crippen MR) is 63.3 cm³/mol. The van der Waals surface area contributed by atoms with Gasteiger partial charge in [0.25, 0.3) is 6.43 Å². The van der Waals surface area contributed by atoms with Gasteiger partial charge in [-0.15, -0.1) is 0 Å². The third kappa shape index (κ3) is 2.36. The Bertz CT molecular complexity index is 566. The van der Waals surface area contributed by atoms with Crippen LogP contribution in [0.25, 0.3) is 11.3 Å². The Balaban J connectivity index is 2.62. The lowest BCUT2D eigenvalue weighted by molar-refractivity contribution is 0.152. The van der Waals surface area contributed by atoms with Crippen molar-refractivity contribution in [3.05, 3.63) is 40.8 Å². The molecular formula is C12H10ClF3N2. The third-order valence-corrected chi connectivity index (χ3v) is 2.77. The van der Waals surface area contributed by atoms with Crippen LogP contribution < -0.4 is 0 Å². The van der Waals surface area contributed by atoms with E-state index >= 15 is 0 Å². The summed E-state index contributed by atoms with van der Waals surface area (Å²) in [6.45, 7) is 2.20. The molecule has 18 heavy (non-hydrogen) atoms. The average molecular weight is 275 g/mol. The largest absolute Gasteiger partial charge is 0.272 e. The number of hydrogen-bond acceptors (Lipinski definition) is 1. The van der Waals surface area contributed by atoms with Crippen LogP contribution in [0.15, 0.2) is 24.4 Å². The van der Waals surface area contributed by atoms with Crippen molar-refractivity contribution in [1.29, 1.82) is 0 Å². The topological polar surface area (TPSA) is 17.8 Å². The maximum absolute atomic E-state index is 13.7. The zero-order valence-corrected chi connectivity index (χ0v) is 10.3. The molecule has 0 aliphatic rings. The van der Waals surface area contributed by atoms with Crippen molar-refractivity contribution in [2.24, 2.45) is 0 Å². The van der Waals surface area contributed by atoms with E-state index in [2.05, 4.69) is 5.10 Å². The van der Waals surface area contributed by atoms with Crippen LogP contribution in [0.1, 0.15) is 18.9 Å². The number of halogens is 4. The maximum Gasteiger partial charge on any atom is 0.267 e. The summed E-state index contributed by atoms with van der Waals surface area (Å²) in [6.07, 6.45) is -1.49. The van der Waals surface area contributed by atoms with Crippen LogP contribution in [-0.4, -0.2) is 9.78 Å². The highest BCUT2D eigenvalue weighted by molar-refractivity contribution is 6.30. The van der Waals surface area contributed by atoms with E-state index in [1.807, 2.05) is 0 Å². The fourth-order valence-corrected chi connectivity index (χ4v) is 1.82. The molecule has 0 N–H and O–H groups in total. The van der Waals surface area contributed by atoms with Crippen molar-refractivity contribution in [1.82, 2.24) is 9.78 Å². The van der Waals surface area contributed by atoms with Crippen LogP contribution in [-0.2, 0) is 6.54 Å². The molecule has 0 spiro atoms. The summed E-state index contributed by atoms with van der Waals surface area (Å²) in [5.41, 5.74) is -0.366. The molecule has 2 aromatic rings. The zero-order chi connectivity index (χ0) is 13.3. The van der Waals surface area contributed by atoms with Crippen molar-refractivity contribution in [3.63, 3.8) is 0 Å². The van der Waals surface area contributed by atoms with Gasteiger partial charge in [-0.1, -0.05) is 11.6 Å². The SMILES string of the molecule is CCn1cc(C(F)F)c(-c2cc(Cl)ccc2F)n1. The van der Waals surface area contributed by atoms with Crippen LogP contribution in [0, 0.1) is 5.82 Å². The van der Waals surface area contributed by atoms with E-state index in [9.17, 15) is 13.2 Å². The van der Waals surface area contributed by atoms with Gasteiger partial charge in [0, 0.05) is 23.3 Å². The minimum atomic E-state index is -2.71. The molecule has 0 radical (unpaired) electrons. The molecule has 0 fully saturated rings. The zero-order valence-electron chi connectivity index (χ0n) is 9.50. The molecule has 0 aliphatic carbocycles. The van der Waals surface area contributed by atoms with Gasteiger partial charge in [-0.2, -0.15) is 5.10 Å². The molecule has 0 saturated heterocycles. The second kappa shape index (κ2) is 5.02. The Hall–Kier alpha value is -1.49. The van der Waals surface area contributed by atoms with Crippen LogP contribution in [0.4, 0.5) is 13.2 Å². The van der Waals surface area contributed by atoms with Gasteiger partial charge in [0.15, 0.2) is 0 Å². The minimum Gasteiger partial charge on any atom is -0.272 e. The highest BCUT2D eigenvalue weighted by Crippen LogP contribution is 2.32. The van der Waals surface area contributed by atoms with E-state index in [0.29, 0.717) is 6.54 Å². The van der Waals surface area contributed by atoms with Gasteiger partial charge in [-0.25, -0.2) is 13.2 Å². The number of nitrogens with zero attached hydrogens (tertiary/aromatic N) is 2. The first-order chi connectivity index (χ1) is 8.52. The summed E-state index contributed by atoms with van der Waals surface area (Å²) in [4.78, 5) is 0. The second-order valence-corrected chi connectivity index (χ2v) is 4.15. The summed E-state index contributed by atoms with van der Waals surface area (Å²) < 4.78 is 40.8. The number of aryl methyl sites for hydroxylation is 1. The lowest BCUT2D eigenvalue weighted by Gasteiger charge is -2.03. The molecule has 0 aliphatic heterocycles. The van der Waals surface area contributed by atoms with Gasteiger partial charge in [0.2, 0.25) is 0 Å². The number of aromatic nitrogens is 2. The monoisotopic (exact) mass is 274 g/mol. The summed E-state index contributed by atoms with van der Waals surface area (Å²) in [5, 5.41) is 4.24. The van der Waals surface area contributed by atoms with Crippen molar-refractivity contribution >= 4 is 11.6 Å². The molecule has 0 bridgehead atoms. The average Bonchev–Trinajstić information content (AvgIpc) is 2.76. The quantitative estimate of drug-likeness (QED) is 0.816. The van der Waals surface area contributed by atoms with Crippen LogP contribution in [0.5, 0.6) is 0 Å². The Labute approximate surface area is 107 Å². The van der Waals surface area contributed by atoms with E-state index in [1.54, 1.807) is 6.92 Å². The van der Waals surface area contributed by atoms with Gasteiger partial charge in [-0.05, 0) is 25.1 Å². The van der Waals surface area contributed by atoms with Gasteiger partial charge in [-0.3, -0.25) is 4.68 Å². The van der Waals surface area contributed by atoms with Gasteiger partial charge >= 0.3 is 0 Å². The Kier molecular flexibility index (Phi) is 3.61. The van der Waals surface area contributed by atoms with Crippen LogP contribution >= 0.6 is 11.6 Å². The Morgan fingerprint density at radius 3 is 2.72 bits per heavy atom. The molecule has 1 heterocycles. The highest BCUT2D eigenvalue weighted by Gasteiger charge is 2.21. The Morgan fingerprint density at radius 2 is 2.11 bits per heavy atom. The minimum absolute atomic E-state index is 0.00926. The van der Waals surface area contributed by atoms with Gasteiger partial charge in [0.1, 0.15) is 11.5 Å². The van der Waals surface area contributed by atoms with Crippen molar-refractivity contribution in [3.8, 4) is 11.3 Å². The molecular weight excluding hydrogens is 265 g/mol. The third-order valence-electron chi connectivity index (χ3n) is 2.53. The first kappa shape index (κ1) is 13.0.